The number of nitro benzene ring substituents is 1. The first kappa shape index (κ1) is 13.5. The van der Waals surface area contributed by atoms with Crippen molar-refractivity contribution < 1.29 is 4.92 Å². The van der Waals surface area contributed by atoms with Crippen LogP contribution in [0, 0.1) is 10.1 Å². The van der Waals surface area contributed by atoms with Crippen molar-refractivity contribution in [1.82, 2.24) is 0 Å². The van der Waals surface area contributed by atoms with E-state index in [0.29, 0.717) is 15.7 Å². The van der Waals surface area contributed by atoms with Gasteiger partial charge in [0.2, 0.25) is 0 Å². The molecule has 0 heterocycles. The molecule has 98 valence electrons. The van der Waals surface area contributed by atoms with Crippen molar-refractivity contribution in [2.75, 3.05) is 11.1 Å². The van der Waals surface area contributed by atoms with Crippen LogP contribution in [0.2, 0.25) is 10.0 Å². The van der Waals surface area contributed by atoms with Gasteiger partial charge in [0.1, 0.15) is 11.4 Å². The van der Waals surface area contributed by atoms with E-state index in [1.165, 1.54) is 6.07 Å². The Labute approximate surface area is 119 Å². The maximum Gasteiger partial charge on any atom is 0.315 e. The van der Waals surface area contributed by atoms with Gasteiger partial charge >= 0.3 is 5.69 Å². The van der Waals surface area contributed by atoms with Gasteiger partial charge in [-0.05, 0) is 30.3 Å². The van der Waals surface area contributed by atoms with E-state index in [1.54, 1.807) is 30.3 Å². The van der Waals surface area contributed by atoms with Crippen LogP contribution in [-0.2, 0) is 0 Å². The van der Waals surface area contributed by atoms with Crippen LogP contribution < -0.4 is 11.1 Å². The Hall–Kier alpha value is -1.98. The summed E-state index contributed by atoms with van der Waals surface area (Å²) in [5.74, 6) is 0. The van der Waals surface area contributed by atoms with Crippen LogP contribution in [0.3, 0.4) is 0 Å². The van der Waals surface area contributed by atoms with Crippen molar-refractivity contribution in [3.63, 3.8) is 0 Å². The fraction of sp³-hybridized carbons (Fsp3) is 0. The standard InChI is InChI=1S/C12H9Cl2N3O2/c13-7-4-8(14)6-9(5-7)16-11-3-1-2-10(15)12(11)17(18)19/h1-6,16H,15H2. The van der Waals surface area contributed by atoms with Crippen molar-refractivity contribution in [3.05, 3.63) is 56.6 Å². The van der Waals surface area contributed by atoms with E-state index < -0.39 is 4.92 Å². The number of rotatable bonds is 3. The van der Waals surface area contributed by atoms with Gasteiger partial charge in [-0.2, -0.15) is 0 Å². The molecule has 0 fully saturated rings. The lowest BCUT2D eigenvalue weighted by Crippen LogP contribution is -2.00. The van der Waals surface area contributed by atoms with E-state index in [4.69, 9.17) is 28.9 Å². The van der Waals surface area contributed by atoms with Crippen LogP contribution in [0.1, 0.15) is 0 Å². The van der Waals surface area contributed by atoms with Gasteiger partial charge in [-0.25, -0.2) is 0 Å². The fourth-order valence-electron chi connectivity index (χ4n) is 1.65. The van der Waals surface area contributed by atoms with E-state index >= 15 is 0 Å². The lowest BCUT2D eigenvalue weighted by molar-refractivity contribution is -0.383. The smallest absolute Gasteiger partial charge is 0.315 e. The third-order valence-electron chi connectivity index (χ3n) is 2.39. The maximum absolute atomic E-state index is 11.0. The molecule has 0 amide bonds. The third-order valence-corrected chi connectivity index (χ3v) is 2.83. The Morgan fingerprint density at radius 2 is 1.79 bits per heavy atom. The number of anilines is 3. The van der Waals surface area contributed by atoms with E-state index in [2.05, 4.69) is 5.32 Å². The molecule has 19 heavy (non-hydrogen) atoms. The molecule has 0 spiro atoms. The molecule has 2 aromatic carbocycles. The summed E-state index contributed by atoms with van der Waals surface area (Å²) in [6, 6.07) is 9.44. The molecule has 0 aliphatic rings. The third kappa shape index (κ3) is 3.07. The second-order valence-electron chi connectivity index (χ2n) is 3.78. The van der Waals surface area contributed by atoms with Crippen molar-refractivity contribution in [1.29, 1.82) is 0 Å². The number of para-hydroxylation sites is 1. The largest absolute Gasteiger partial charge is 0.393 e. The second kappa shape index (κ2) is 5.34. The molecule has 0 bridgehead atoms. The summed E-state index contributed by atoms with van der Waals surface area (Å²) in [4.78, 5) is 10.5. The van der Waals surface area contributed by atoms with Gasteiger partial charge in [-0.1, -0.05) is 29.3 Å². The molecule has 2 aromatic rings. The monoisotopic (exact) mass is 297 g/mol. The number of nitrogens with one attached hydrogen (secondary N) is 1. The van der Waals surface area contributed by atoms with Crippen LogP contribution >= 0.6 is 23.2 Å². The van der Waals surface area contributed by atoms with Crippen LogP contribution in [0.25, 0.3) is 0 Å². The van der Waals surface area contributed by atoms with Gasteiger partial charge in [0.05, 0.1) is 4.92 Å². The molecular weight excluding hydrogens is 289 g/mol. The predicted molar refractivity (Wildman–Crippen MR) is 77.3 cm³/mol. The SMILES string of the molecule is Nc1cccc(Nc2cc(Cl)cc(Cl)c2)c1[N+](=O)[O-]. The quantitative estimate of drug-likeness (QED) is 0.505. The predicted octanol–water partition coefficient (Wildman–Crippen LogP) is 4.23. The molecule has 2 rings (SSSR count). The van der Waals surface area contributed by atoms with Crippen LogP contribution in [0.15, 0.2) is 36.4 Å². The van der Waals surface area contributed by atoms with Gasteiger partial charge in [0.15, 0.2) is 0 Å². The summed E-state index contributed by atoms with van der Waals surface area (Å²) in [6.07, 6.45) is 0. The molecule has 0 saturated heterocycles. The highest BCUT2D eigenvalue weighted by molar-refractivity contribution is 6.35. The lowest BCUT2D eigenvalue weighted by Gasteiger charge is -2.09. The molecule has 0 radical (unpaired) electrons. The molecule has 0 unspecified atom stereocenters. The minimum atomic E-state index is -0.538. The van der Waals surface area contributed by atoms with Crippen LogP contribution in [0.4, 0.5) is 22.7 Å². The molecule has 0 saturated carbocycles. The Kier molecular flexibility index (Phi) is 3.78. The van der Waals surface area contributed by atoms with Crippen molar-refractivity contribution >= 4 is 46.0 Å². The summed E-state index contributed by atoms with van der Waals surface area (Å²) in [5.41, 5.74) is 6.33. The molecule has 0 aliphatic heterocycles. The number of nitrogens with two attached hydrogens (primary N) is 1. The Morgan fingerprint density at radius 1 is 1.16 bits per heavy atom. The van der Waals surface area contributed by atoms with Gasteiger partial charge in [-0.3, -0.25) is 10.1 Å². The first-order valence-electron chi connectivity index (χ1n) is 5.23. The Bertz CT molecular complexity index is 627. The summed E-state index contributed by atoms with van der Waals surface area (Å²) in [7, 11) is 0. The highest BCUT2D eigenvalue weighted by atomic mass is 35.5. The molecular formula is C12H9Cl2N3O2. The zero-order valence-electron chi connectivity index (χ0n) is 9.56. The average molecular weight is 298 g/mol. The van der Waals surface area contributed by atoms with E-state index in [9.17, 15) is 10.1 Å². The fourth-order valence-corrected chi connectivity index (χ4v) is 2.17. The van der Waals surface area contributed by atoms with Crippen molar-refractivity contribution in [2.24, 2.45) is 0 Å². The Morgan fingerprint density at radius 3 is 2.37 bits per heavy atom. The maximum atomic E-state index is 11.0. The number of benzene rings is 2. The lowest BCUT2D eigenvalue weighted by atomic mass is 10.2. The molecule has 3 N–H and O–H groups in total. The zero-order valence-corrected chi connectivity index (χ0v) is 11.1. The highest BCUT2D eigenvalue weighted by Crippen LogP contribution is 2.34. The van der Waals surface area contributed by atoms with E-state index in [1.807, 2.05) is 0 Å². The summed E-state index contributed by atoms with van der Waals surface area (Å²) < 4.78 is 0. The van der Waals surface area contributed by atoms with Gasteiger partial charge in [0.25, 0.3) is 0 Å². The highest BCUT2D eigenvalue weighted by Gasteiger charge is 2.17. The topological polar surface area (TPSA) is 81.2 Å². The molecule has 0 aliphatic carbocycles. The number of hydrogen-bond donors (Lipinski definition) is 2. The molecule has 0 atom stereocenters. The van der Waals surface area contributed by atoms with Crippen LogP contribution in [-0.4, -0.2) is 4.92 Å². The first-order valence-corrected chi connectivity index (χ1v) is 5.99. The normalized spacial score (nSPS) is 10.2. The van der Waals surface area contributed by atoms with Crippen LogP contribution in [0.5, 0.6) is 0 Å². The summed E-state index contributed by atoms with van der Waals surface area (Å²) >= 11 is 11.7. The van der Waals surface area contributed by atoms with E-state index in [0.717, 1.165) is 0 Å². The molecule has 0 aromatic heterocycles. The molecule has 7 heteroatoms. The number of nitrogen functional groups attached to an aromatic ring is 1. The summed E-state index contributed by atoms with van der Waals surface area (Å²) in [5, 5.41) is 14.7. The Balaban J connectivity index is 2.43. The minimum absolute atomic E-state index is 0.0862. The van der Waals surface area contributed by atoms with Crippen molar-refractivity contribution in [2.45, 2.75) is 0 Å². The number of nitro groups is 1. The van der Waals surface area contributed by atoms with Gasteiger partial charge in [0, 0.05) is 15.7 Å². The average Bonchev–Trinajstić information content (AvgIpc) is 2.26. The summed E-state index contributed by atoms with van der Waals surface area (Å²) in [6.45, 7) is 0. The number of hydrogen-bond acceptors (Lipinski definition) is 4. The molecule has 5 nitrogen and oxygen atoms in total. The van der Waals surface area contributed by atoms with Gasteiger partial charge in [-0.15, -0.1) is 0 Å². The number of nitrogens with zero attached hydrogens (tertiary/aromatic N) is 1. The number of halogens is 2. The first-order chi connectivity index (χ1) is 8.97. The van der Waals surface area contributed by atoms with Crippen molar-refractivity contribution in [3.8, 4) is 0 Å². The van der Waals surface area contributed by atoms with E-state index in [-0.39, 0.29) is 17.1 Å². The van der Waals surface area contributed by atoms with Gasteiger partial charge < -0.3 is 11.1 Å². The second-order valence-corrected chi connectivity index (χ2v) is 4.66. The minimum Gasteiger partial charge on any atom is -0.393 e. The zero-order chi connectivity index (χ0) is 14.0.